The molecule has 3 heterocycles. The molecule has 0 unspecified atom stereocenters. The zero-order chi connectivity index (χ0) is 17.6. The lowest BCUT2D eigenvalue weighted by Gasteiger charge is -2.08. The van der Waals surface area contributed by atoms with Crippen molar-refractivity contribution in [3.05, 3.63) is 58.6 Å². The Labute approximate surface area is 144 Å². The Morgan fingerprint density at radius 2 is 1.92 bits per heavy atom. The van der Waals surface area contributed by atoms with Crippen molar-refractivity contribution in [2.24, 2.45) is 7.05 Å². The standard InChI is InChI=1S/C19H19N5O/c1-3-4-14-10-18-23(2)19(25)15-7-5-12(9-16(15)24(18)22-14)13-6-8-17(20)21-11-13/h5-11H,3-4H2,1-2H3,(H2,20,21). The molecule has 2 N–H and O–H groups in total. The number of rotatable bonds is 3. The Balaban J connectivity index is 2.02. The average molecular weight is 333 g/mol. The fraction of sp³-hybridized carbons (Fsp3) is 0.211. The molecule has 6 heteroatoms. The maximum atomic E-state index is 12.7. The van der Waals surface area contributed by atoms with Crippen LogP contribution in [-0.4, -0.2) is 19.2 Å². The van der Waals surface area contributed by atoms with Crippen molar-refractivity contribution in [2.45, 2.75) is 19.8 Å². The summed E-state index contributed by atoms with van der Waals surface area (Å²) in [6, 6.07) is 11.4. The molecule has 6 nitrogen and oxygen atoms in total. The van der Waals surface area contributed by atoms with E-state index in [1.807, 2.05) is 34.8 Å². The van der Waals surface area contributed by atoms with Gasteiger partial charge in [0.1, 0.15) is 11.5 Å². The molecule has 4 aromatic rings. The quantitative estimate of drug-likeness (QED) is 0.625. The second-order valence-electron chi connectivity index (χ2n) is 6.22. The fourth-order valence-electron chi connectivity index (χ4n) is 3.14. The fourth-order valence-corrected chi connectivity index (χ4v) is 3.14. The average Bonchev–Trinajstić information content (AvgIpc) is 3.04. The van der Waals surface area contributed by atoms with E-state index >= 15 is 0 Å². The van der Waals surface area contributed by atoms with E-state index in [9.17, 15) is 4.79 Å². The number of nitrogens with zero attached hydrogens (tertiary/aromatic N) is 4. The SMILES string of the molecule is CCCc1cc2n(C)c(=O)c3ccc(-c4ccc(N)nc4)cc3n2n1. The first-order valence-electron chi connectivity index (χ1n) is 8.32. The van der Waals surface area contributed by atoms with E-state index in [1.54, 1.807) is 23.9 Å². The summed E-state index contributed by atoms with van der Waals surface area (Å²) >= 11 is 0. The number of anilines is 1. The third-order valence-corrected chi connectivity index (χ3v) is 4.47. The van der Waals surface area contributed by atoms with Crippen molar-refractivity contribution >= 4 is 22.4 Å². The molecule has 0 bridgehead atoms. The summed E-state index contributed by atoms with van der Waals surface area (Å²) in [5.41, 5.74) is 10.2. The maximum Gasteiger partial charge on any atom is 0.261 e. The van der Waals surface area contributed by atoms with Crippen molar-refractivity contribution in [2.75, 3.05) is 5.73 Å². The molecule has 4 rings (SSSR count). The molecule has 0 aliphatic heterocycles. The van der Waals surface area contributed by atoms with Gasteiger partial charge in [-0.2, -0.15) is 5.10 Å². The zero-order valence-corrected chi connectivity index (χ0v) is 14.2. The van der Waals surface area contributed by atoms with Crippen molar-refractivity contribution in [1.82, 2.24) is 19.2 Å². The van der Waals surface area contributed by atoms with Gasteiger partial charge in [0, 0.05) is 24.9 Å². The summed E-state index contributed by atoms with van der Waals surface area (Å²) in [6.45, 7) is 2.12. The van der Waals surface area contributed by atoms with Crippen LogP contribution in [0.25, 0.3) is 27.7 Å². The second-order valence-corrected chi connectivity index (χ2v) is 6.22. The van der Waals surface area contributed by atoms with Gasteiger partial charge in [-0.3, -0.25) is 9.36 Å². The predicted molar refractivity (Wildman–Crippen MR) is 99.6 cm³/mol. The first kappa shape index (κ1) is 15.4. The van der Waals surface area contributed by atoms with E-state index in [2.05, 4.69) is 11.9 Å². The van der Waals surface area contributed by atoms with Gasteiger partial charge in [-0.25, -0.2) is 9.50 Å². The predicted octanol–water partition coefficient (Wildman–Crippen LogP) is 2.78. The minimum atomic E-state index is -0.0209. The van der Waals surface area contributed by atoms with Crippen LogP contribution in [0.4, 0.5) is 5.82 Å². The summed E-state index contributed by atoms with van der Waals surface area (Å²) in [5.74, 6) is 0.483. The molecule has 1 aromatic carbocycles. The number of aryl methyl sites for hydroxylation is 2. The number of nitrogen functional groups attached to an aromatic ring is 1. The molecular formula is C19H19N5O. The van der Waals surface area contributed by atoms with Gasteiger partial charge in [0.05, 0.1) is 16.6 Å². The van der Waals surface area contributed by atoms with Crippen LogP contribution in [0.15, 0.2) is 47.4 Å². The molecule has 25 heavy (non-hydrogen) atoms. The first-order valence-corrected chi connectivity index (χ1v) is 8.32. The lowest BCUT2D eigenvalue weighted by Crippen LogP contribution is -2.19. The van der Waals surface area contributed by atoms with Crippen LogP contribution in [0.1, 0.15) is 19.0 Å². The third-order valence-electron chi connectivity index (χ3n) is 4.47. The lowest BCUT2D eigenvalue weighted by atomic mass is 10.1. The van der Waals surface area contributed by atoms with E-state index in [1.165, 1.54) is 0 Å². The molecule has 0 fully saturated rings. The summed E-state index contributed by atoms with van der Waals surface area (Å²) in [6.07, 6.45) is 3.64. The maximum absolute atomic E-state index is 12.7. The van der Waals surface area contributed by atoms with E-state index in [4.69, 9.17) is 10.8 Å². The minimum absolute atomic E-state index is 0.0209. The molecule has 126 valence electrons. The molecule has 0 aliphatic carbocycles. The Kier molecular flexibility index (Phi) is 3.53. The molecule has 0 saturated carbocycles. The van der Waals surface area contributed by atoms with Gasteiger partial charge in [-0.15, -0.1) is 0 Å². The van der Waals surface area contributed by atoms with E-state index in [0.29, 0.717) is 11.2 Å². The van der Waals surface area contributed by atoms with Crippen LogP contribution < -0.4 is 11.3 Å². The first-order chi connectivity index (χ1) is 12.1. The van der Waals surface area contributed by atoms with E-state index in [-0.39, 0.29) is 5.56 Å². The van der Waals surface area contributed by atoms with Gasteiger partial charge < -0.3 is 5.73 Å². The molecule has 0 spiro atoms. The summed E-state index contributed by atoms with van der Waals surface area (Å²) in [5, 5.41) is 5.35. The van der Waals surface area contributed by atoms with E-state index < -0.39 is 0 Å². The highest BCUT2D eigenvalue weighted by atomic mass is 16.1. The zero-order valence-electron chi connectivity index (χ0n) is 14.2. The summed E-state index contributed by atoms with van der Waals surface area (Å²) < 4.78 is 3.51. The van der Waals surface area contributed by atoms with Gasteiger partial charge in [0.25, 0.3) is 5.56 Å². The van der Waals surface area contributed by atoms with Crippen LogP contribution in [0, 0.1) is 0 Å². The highest BCUT2D eigenvalue weighted by molar-refractivity contribution is 5.85. The molecule has 3 aromatic heterocycles. The highest BCUT2D eigenvalue weighted by Gasteiger charge is 2.12. The number of nitrogens with two attached hydrogens (primary N) is 1. The molecule has 0 atom stereocenters. The minimum Gasteiger partial charge on any atom is -0.384 e. The number of fused-ring (bicyclic) bond motifs is 3. The topological polar surface area (TPSA) is 78.2 Å². The Morgan fingerprint density at radius 1 is 1.12 bits per heavy atom. The van der Waals surface area contributed by atoms with Crippen LogP contribution in [0.3, 0.4) is 0 Å². The smallest absolute Gasteiger partial charge is 0.261 e. The second kappa shape index (κ2) is 5.73. The normalized spacial score (nSPS) is 11.4. The van der Waals surface area contributed by atoms with Crippen molar-refractivity contribution in [3.8, 4) is 11.1 Å². The number of pyridine rings is 1. The lowest BCUT2D eigenvalue weighted by molar-refractivity contribution is 0.821. The van der Waals surface area contributed by atoms with Crippen LogP contribution in [-0.2, 0) is 13.5 Å². The summed E-state index contributed by atoms with van der Waals surface area (Å²) in [7, 11) is 1.78. The van der Waals surface area contributed by atoms with Gasteiger partial charge >= 0.3 is 0 Å². The van der Waals surface area contributed by atoms with Crippen LogP contribution in [0.5, 0.6) is 0 Å². The Morgan fingerprint density at radius 3 is 2.64 bits per heavy atom. The monoisotopic (exact) mass is 333 g/mol. The molecule has 0 radical (unpaired) electrons. The molecular weight excluding hydrogens is 314 g/mol. The van der Waals surface area contributed by atoms with Gasteiger partial charge in [-0.1, -0.05) is 19.4 Å². The van der Waals surface area contributed by atoms with Gasteiger partial charge in [0.2, 0.25) is 0 Å². The molecule has 0 aliphatic rings. The van der Waals surface area contributed by atoms with Crippen molar-refractivity contribution in [3.63, 3.8) is 0 Å². The Bertz CT molecular complexity index is 1140. The van der Waals surface area contributed by atoms with Gasteiger partial charge in [0.15, 0.2) is 0 Å². The van der Waals surface area contributed by atoms with Crippen LogP contribution in [0.2, 0.25) is 0 Å². The highest BCUT2D eigenvalue weighted by Crippen LogP contribution is 2.24. The Hall–Kier alpha value is -3.15. The largest absolute Gasteiger partial charge is 0.384 e. The van der Waals surface area contributed by atoms with Crippen molar-refractivity contribution in [1.29, 1.82) is 0 Å². The van der Waals surface area contributed by atoms with E-state index in [0.717, 1.165) is 40.8 Å². The summed E-state index contributed by atoms with van der Waals surface area (Å²) in [4.78, 5) is 16.8. The van der Waals surface area contributed by atoms with Crippen molar-refractivity contribution < 1.29 is 0 Å². The third kappa shape index (κ3) is 2.46. The van der Waals surface area contributed by atoms with Gasteiger partial charge in [-0.05, 0) is 36.2 Å². The number of hydrogen-bond acceptors (Lipinski definition) is 4. The number of benzene rings is 1. The van der Waals surface area contributed by atoms with Crippen LogP contribution >= 0.6 is 0 Å². The number of hydrogen-bond donors (Lipinski definition) is 1. The molecule has 0 saturated heterocycles. The molecule has 0 amide bonds. The number of aromatic nitrogens is 4.